The first-order valence-electron chi connectivity index (χ1n) is 7.29. The molecule has 0 spiro atoms. The fraction of sp³-hybridized carbons (Fsp3) is 0.500. The molecule has 0 fully saturated rings. The van der Waals surface area contributed by atoms with Crippen LogP contribution >= 0.6 is 23.5 Å². The first-order chi connectivity index (χ1) is 9.95. The molecule has 108 valence electrons. The molecular weight excluding hydrogens is 284 g/mol. The molecule has 1 aromatic heterocycles. The monoisotopic (exact) mass is 308 g/mol. The van der Waals surface area contributed by atoms with Crippen LogP contribution in [-0.2, 0) is 6.54 Å². The van der Waals surface area contributed by atoms with Gasteiger partial charge in [0, 0.05) is 30.1 Å². The van der Waals surface area contributed by atoms with E-state index in [1.54, 1.807) is 0 Å². The van der Waals surface area contributed by atoms with Crippen LogP contribution in [0.25, 0.3) is 0 Å². The number of pyridine rings is 1. The van der Waals surface area contributed by atoms with Gasteiger partial charge in [0.1, 0.15) is 6.54 Å². The molecule has 0 bridgehead atoms. The number of aromatic nitrogens is 1. The Bertz CT molecular complexity index is 429. The SMILES string of the molecule is C1=CCC[N+](CCSCCSCC[n+]2ccccc2)=C1. The van der Waals surface area contributed by atoms with Gasteiger partial charge in [-0.3, -0.25) is 0 Å². The third-order valence-corrected chi connectivity index (χ3v) is 5.37. The van der Waals surface area contributed by atoms with Crippen molar-refractivity contribution in [1.29, 1.82) is 0 Å². The van der Waals surface area contributed by atoms with Crippen LogP contribution in [-0.4, -0.2) is 46.9 Å². The van der Waals surface area contributed by atoms with Crippen molar-refractivity contribution in [3.05, 3.63) is 42.7 Å². The van der Waals surface area contributed by atoms with E-state index in [0.29, 0.717) is 0 Å². The second-order valence-electron chi connectivity index (χ2n) is 4.74. The molecule has 1 aromatic rings. The first kappa shape index (κ1) is 15.6. The van der Waals surface area contributed by atoms with Gasteiger partial charge in [0.05, 0.1) is 11.5 Å². The van der Waals surface area contributed by atoms with Crippen LogP contribution in [0.5, 0.6) is 0 Å². The predicted molar refractivity (Wildman–Crippen MR) is 91.1 cm³/mol. The zero-order valence-electron chi connectivity index (χ0n) is 12.0. The quantitative estimate of drug-likeness (QED) is 0.511. The number of rotatable bonds is 9. The van der Waals surface area contributed by atoms with Gasteiger partial charge < -0.3 is 0 Å². The standard InChI is InChI=1S/C16H24N2S2/c1-3-7-17(8-4-1)11-13-19-15-16-20-14-12-18-9-5-2-6-10-18/h1-5,7-9H,6,10-16H2/q+2. The van der Waals surface area contributed by atoms with Gasteiger partial charge in [-0.05, 0) is 6.08 Å². The lowest BCUT2D eigenvalue weighted by Gasteiger charge is -2.04. The summed E-state index contributed by atoms with van der Waals surface area (Å²) in [5, 5.41) is 0. The molecule has 0 saturated carbocycles. The summed E-state index contributed by atoms with van der Waals surface area (Å²) >= 11 is 4.14. The van der Waals surface area contributed by atoms with E-state index in [0.717, 1.165) is 6.54 Å². The fourth-order valence-electron chi connectivity index (χ4n) is 2.04. The van der Waals surface area contributed by atoms with E-state index in [9.17, 15) is 0 Å². The molecule has 0 saturated heterocycles. The summed E-state index contributed by atoms with van der Waals surface area (Å²) in [7, 11) is 0. The molecule has 2 nitrogen and oxygen atoms in total. The Morgan fingerprint density at radius 1 is 0.850 bits per heavy atom. The third-order valence-electron chi connectivity index (χ3n) is 3.18. The van der Waals surface area contributed by atoms with E-state index in [2.05, 4.69) is 81.6 Å². The molecule has 2 heterocycles. The second-order valence-corrected chi connectivity index (χ2v) is 7.19. The molecular formula is C16H24N2S2+2. The highest BCUT2D eigenvalue weighted by Gasteiger charge is 2.04. The van der Waals surface area contributed by atoms with Gasteiger partial charge in [0.25, 0.3) is 0 Å². The minimum Gasteiger partial charge on any atom is -0.235 e. The lowest BCUT2D eigenvalue weighted by Crippen LogP contribution is -2.33. The zero-order chi connectivity index (χ0) is 13.9. The molecule has 2 rings (SSSR count). The number of aryl methyl sites for hydroxylation is 1. The Morgan fingerprint density at radius 3 is 2.30 bits per heavy atom. The largest absolute Gasteiger partial charge is 0.235 e. The Morgan fingerprint density at radius 2 is 1.60 bits per heavy atom. The maximum atomic E-state index is 2.42. The van der Waals surface area contributed by atoms with Crippen LogP contribution in [0.3, 0.4) is 0 Å². The first-order valence-corrected chi connectivity index (χ1v) is 9.60. The van der Waals surface area contributed by atoms with Gasteiger partial charge in [-0.2, -0.15) is 23.5 Å². The van der Waals surface area contributed by atoms with Crippen molar-refractivity contribution in [1.82, 2.24) is 0 Å². The number of hydrogen-bond donors (Lipinski definition) is 0. The van der Waals surface area contributed by atoms with Crippen molar-refractivity contribution in [3.63, 3.8) is 0 Å². The smallest absolute Gasteiger partial charge is 0.168 e. The Kier molecular flexibility index (Phi) is 7.87. The van der Waals surface area contributed by atoms with Crippen LogP contribution in [0.15, 0.2) is 42.7 Å². The molecule has 0 aliphatic carbocycles. The minimum atomic E-state index is 1.12. The fourth-order valence-corrected chi connectivity index (χ4v) is 4.09. The van der Waals surface area contributed by atoms with Crippen molar-refractivity contribution in [2.24, 2.45) is 0 Å². The van der Waals surface area contributed by atoms with Crippen molar-refractivity contribution in [2.75, 3.05) is 36.1 Å². The summed E-state index contributed by atoms with van der Waals surface area (Å²) < 4.78 is 4.67. The normalized spacial score (nSPS) is 14.3. The topological polar surface area (TPSA) is 6.89 Å². The summed E-state index contributed by atoms with van der Waals surface area (Å²) in [6.07, 6.45) is 12.1. The van der Waals surface area contributed by atoms with Gasteiger partial charge in [-0.15, -0.1) is 0 Å². The highest BCUT2D eigenvalue weighted by atomic mass is 32.2. The summed E-state index contributed by atoms with van der Waals surface area (Å²) in [6.45, 7) is 3.50. The lowest BCUT2D eigenvalue weighted by molar-refractivity contribution is -0.692. The van der Waals surface area contributed by atoms with Crippen molar-refractivity contribution in [3.8, 4) is 0 Å². The molecule has 1 aliphatic heterocycles. The molecule has 0 aromatic carbocycles. The van der Waals surface area contributed by atoms with Crippen LogP contribution in [0.1, 0.15) is 6.42 Å². The Labute approximate surface area is 131 Å². The molecule has 0 atom stereocenters. The molecule has 20 heavy (non-hydrogen) atoms. The summed E-state index contributed by atoms with van der Waals surface area (Å²) in [6, 6.07) is 6.25. The van der Waals surface area contributed by atoms with Gasteiger partial charge >= 0.3 is 0 Å². The van der Waals surface area contributed by atoms with Crippen molar-refractivity contribution in [2.45, 2.75) is 13.0 Å². The van der Waals surface area contributed by atoms with Crippen LogP contribution in [0.4, 0.5) is 0 Å². The highest BCUT2D eigenvalue weighted by Crippen LogP contribution is 2.07. The predicted octanol–water partition coefficient (Wildman–Crippen LogP) is 2.48. The summed E-state index contributed by atoms with van der Waals surface area (Å²) in [5.74, 6) is 4.99. The van der Waals surface area contributed by atoms with Crippen molar-refractivity contribution < 1.29 is 9.14 Å². The van der Waals surface area contributed by atoms with Gasteiger partial charge in [-0.25, -0.2) is 9.14 Å². The number of hydrogen-bond acceptors (Lipinski definition) is 2. The average molecular weight is 309 g/mol. The van der Waals surface area contributed by atoms with E-state index in [-0.39, 0.29) is 0 Å². The van der Waals surface area contributed by atoms with Gasteiger partial charge in [0.2, 0.25) is 0 Å². The summed E-state index contributed by atoms with van der Waals surface area (Å²) in [4.78, 5) is 0. The Hall–Kier alpha value is -0.740. The number of nitrogens with zero attached hydrogens (tertiary/aromatic N) is 2. The van der Waals surface area contributed by atoms with Crippen LogP contribution in [0.2, 0.25) is 0 Å². The van der Waals surface area contributed by atoms with E-state index < -0.39 is 0 Å². The second kappa shape index (κ2) is 10.1. The molecule has 0 amide bonds. The molecule has 0 N–H and O–H groups in total. The van der Waals surface area contributed by atoms with E-state index in [1.807, 2.05) is 0 Å². The van der Waals surface area contributed by atoms with E-state index >= 15 is 0 Å². The number of allylic oxidation sites excluding steroid dienone is 1. The Balaban J connectivity index is 1.42. The van der Waals surface area contributed by atoms with Crippen molar-refractivity contribution >= 4 is 29.7 Å². The summed E-state index contributed by atoms with van der Waals surface area (Å²) in [5.41, 5.74) is 0. The number of thioether (sulfide) groups is 2. The molecule has 1 aliphatic rings. The molecule has 0 radical (unpaired) electrons. The van der Waals surface area contributed by atoms with Crippen LogP contribution in [0, 0.1) is 0 Å². The maximum absolute atomic E-state index is 2.42. The van der Waals surface area contributed by atoms with E-state index in [1.165, 1.54) is 42.5 Å². The highest BCUT2D eigenvalue weighted by molar-refractivity contribution is 8.02. The average Bonchev–Trinajstić information content (AvgIpc) is 2.52. The molecule has 4 heteroatoms. The van der Waals surface area contributed by atoms with Crippen LogP contribution < -0.4 is 4.57 Å². The maximum Gasteiger partial charge on any atom is 0.168 e. The lowest BCUT2D eigenvalue weighted by atomic mass is 10.3. The third kappa shape index (κ3) is 6.62. The minimum absolute atomic E-state index is 1.12. The van der Waals surface area contributed by atoms with E-state index in [4.69, 9.17) is 0 Å². The molecule has 0 unspecified atom stereocenters. The van der Waals surface area contributed by atoms with Gasteiger partial charge in [0.15, 0.2) is 31.7 Å². The zero-order valence-corrected chi connectivity index (χ0v) is 13.6. The van der Waals surface area contributed by atoms with Gasteiger partial charge in [-0.1, -0.05) is 12.1 Å².